The van der Waals surface area contributed by atoms with Crippen molar-refractivity contribution in [2.24, 2.45) is 0 Å². The van der Waals surface area contributed by atoms with Gasteiger partial charge in [-0.3, -0.25) is 9.97 Å². The van der Waals surface area contributed by atoms with Crippen LogP contribution < -0.4 is 0 Å². The highest BCUT2D eigenvalue weighted by molar-refractivity contribution is 8.77. The Morgan fingerprint density at radius 3 is 1.54 bits per heavy atom. The molecule has 4 heterocycles. The summed E-state index contributed by atoms with van der Waals surface area (Å²) in [5.41, 5.74) is 7.15. The fourth-order valence-electron chi connectivity index (χ4n) is 2.67. The van der Waals surface area contributed by atoms with Crippen LogP contribution in [-0.2, 0) is 0 Å². The number of rotatable bonds is 5. The second kappa shape index (κ2) is 7.96. The summed E-state index contributed by atoms with van der Waals surface area (Å²) < 4.78 is 2.59. The summed E-state index contributed by atoms with van der Waals surface area (Å²) in [5, 5.41) is 4.43. The van der Waals surface area contributed by atoms with Crippen molar-refractivity contribution in [3.05, 3.63) is 70.7 Å². The molecule has 0 spiro atoms. The van der Waals surface area contributed by atoms with Crippen molar-refractivity contribution >= 4 is 44.3 Å². The maximum Gasteiger partial charge on any atom is 0.0806 e. The van der Waals surface area contributed by atoms with E-state index in [4.69, 9.17) is 0 Å². The number of nitrogens with zero attached hydrogens (tertiary/aromatic N) is 2. The highest BCUT2D eigenvalue weighted by Gasteiger charge is 2.17. The molecule has 2 nitrogen and oxygen atoms in total. The van der Waals surface area contributed by atoms with Gasteiger partial charge in [0.05, 0.1) is 19.8 Å². The van der Waals surface area contributed by atoms with Crippen LogP contribution in [0.1, 0.15) is 11.1 Å². The lowest BCUT2D eigenvalue weighted by Crippen LogP contribution is -1.84. The third-order valence-corrected chi connectivity index (χ3v) is 9.45. The van der Waals surface area contributed by atoms with E-state index in [2.05, 4.69) is 46.7 Å². The van der Waals surface area contributed by atoms with Crippen molar-refractivity contribution in [2.45, 2.75) is 22.3 Å². The summed E-state index contributed by atoms with van der Waals surface area (Å²) in [6.07, 6.45) is 3.71. The molecule has 0 fully saturated rings. The minimum atomic E-state index is 1.04. The standard InChI is InChI=1S/C20H16N2S4/c1-13-11-23-19(17(13)15-7-3-5-9-21-15)25-26-20-18(14(2)12-24-20)16-8-4-6-10-22-16/h3-12H,1-2H3. The molecular weight excluding hydrogens is 397 g/mol. The van der Waals surface area contributed by atoms with Gasteiger partial charge >= 0.3 is 0 Å². The van der Waals surface area contributed by atoms with Gasteiger partial charge in [0, 0.05) is 23.5 Å². The largest absolute Gasteiger partial charge is 0.256 e. The molecular formula is C20H16N2S4. The maximum absolute atomic E-state index is 4.54. The van der Waals surface area contributed by atoms with Gasteiger partial charge in [0.25, 0.3) is 0 Å². The first-order chi connectivity index (χ1) is 12.7. The first-order valence-corrected chi connectivity index (χ1v) is 12.0. The third-order valence-electron chi connectivity index (χ3n) is 3.92. The lowest BCUT2D eigenvalue weighted by Gasteiger charge is -2.06. The maximum atomic E-state index is 4.54. The number of pyridine rings is 2. The Balaban J connectivity index is 1.62. The Hall–Kier alpha value is -1.60. The van der Waals surface area contributed by atoms with Crippen molar-refractivity contribution < 1.29 is 0 Å². The Bertz CT molecular complexity index is 923. The first-order valence-electron chi connectivity index (χ1n) is 8.07. The summed E-state index contributed by atoms with van der Waals surface area (Å²) in [6.45, 7) is 4.31. The quantitative estimate of drug-likeness (QED) is 0.320. The van der Waals surface area contributed by atoms with Gasteiger partial charge in [-0.05, 0) is 81.6 Å². The second-order valence-corrected chi connectivity index (χ2v) is 10.2. The SMILES string of the molecule is Cc1csc(SSc2scc(C)c2-c2ccccn2)c1-c1ccccn1. The molecule has 0 atom stereocenters. The van der Waals surface area contributed by atoms with Crippen LogP contribution in [0.25, 0.3) is 22.5 Å². The molecule has 0 saturated carbocycles. The number of aromatic nitrogens is 2. The monoisotopic (exact) mass is 412 g/mol. The topological polar surface area (TPSA) is 25.8 Å². The number of thiophene rings is 2. The van der Waals surface area contributed by atoms with E-state index in [9.17, 15) is 0 Å². The van der Waals surface area contributed by atoms with Crippen molar-refractivity contribution in [3.8, 4) is 22.5 Å². The van der Waals surface area contributed by atoms with Crippen molar-refractivity contribution in [3.63, 3.8) is 0 Å². The normalized spacial score (nSPS) is 11.0. The summed E-state index contributed by atoms with van der Waals surface area (Å²) in [4.78, 5) is 9.09. The van der Waals surface area contributed by atoms with E-state index >= 15 is 0 Å². The van der Waals surface area contributed by atoms with E-state index in [0.717, 1.165) is 11.4 Å². The summed E-state index contributed by atoms with van der Waals surface area (Å²) in [6, 6.07) is 12.2. The van der Waals surface area contributed by atoms with Crippen molar-refractivity contribution in [2.75, 3.05) is 0 Å². The minimum absolute atomic E-state index is 1.04. The molecule has 6 heteroatoms. The van der Waals surface area contributed by atoms with Gasteiger partial charge in [0.1, 0.15) is 0 Å². The lowest BCUT2D eigenvalue weighted by molar-refractivity contribution is 1.30. The van der Waals surface area contributed by atoms with Gasteiger partial charge in [-0.15, -0.1) is 22.7 Å². The smallest absolute Gasteiger partial charge is 0.0806 e. The van der Waals surface area contributed by atoms with Crippen LogP contribution in [0.5, 0.6) is 0 Å². The molecule has 4 aromatic rings. The molecule has 0 N–H and O–H groups in total. The van der Waals surface area contributed by atoms with Crippen molar-refractivity contribution in [1.82, 2.24) is 9.97 Å². The predicted octanol–water partition coefficient (Wildman–Crippen LogP) is 7.35. The van der Waals surface area contributed by atoms with Gasteiger partial charge in [0.2, 0.25) is 0 Å². The van der Waals surface area contributed by atoms with Gasteiger partial charge < -0.3 is 0 Å². The number of aryl methyl sites for hydroxylation is 2. The van der Waals surface area contributed by atoms with Crippen LogP contribution in [0.4, 0.5) is 0 Å². The Morgan fingerprint density at radius 1 is 0.692 bits per heavy atom. The molecule has 0 aliphatic rings. The molecule has 26 heavy (non-hydrogen) atoms. The first kappa shape index (κ1) is 17.8. The Morgan fingerprint density at radius 2 is 1.15 bits per heavy atom. The van der Waals surface area contributed by atoms with Crippen LogP contribution in [0.3, 0.4) is 0 Å². The molecule has 0 aliphatic heterocycles. The van der Waals surface area contributed by atoms with Crippen LogP contribution in [0.15, 0.2) is 68.0 Å². The second-order valence-electron chi connectivity index (χ2n) is 5.76. The molecule has 0 amide bonds. The van der Waals surface area contributed by atoms with E-state index in [-0.39, 0.29) is 0 Å². The fraction of sp³-hybridized carbons (Fsp3) is 0.100. The lowest BCUT2D eigenvalue weighted by atomic mass is 10.1. The predicted molar refractivity (Wildman–Crippen MR) is 116 cm³/mol. The summed E-state index contributed by atoms with van der Waals surface area (Å²) >= 11 is 3.58. The zero-order chi connectivity index (χ0) is 17.9. The summed E-state index contributed by atoms with van der Waals surface area (Å²) in [7, 11) is 3.63. The van der Waals surface area contributed by atoms with E-state index in [0.29, 0.717) is 0 Å². The molecule has 0 radical (unpaired) electrons. The van der Waals surface area contributed by atoms with Crippen LogP contribution in [0, 0.1) is 13.8 Å². The molecule has 0 bridgehead atoms. The highest BCUT2D eigenvalue weighted by Crippen LogP contribution is 2.50. The van der Waals surface area contributed by atoms with E-state index in [1.807, 2.05) is 58.2 Å². The van der Waals surface area contributed by atoms with Crippen LogP contribution >= 0.6 is 44.3 Å². The molecule has 4 aromatic heterocycles. The average molecular weight is 413 g/mol. The average Bonchev–Trinajstić information content (AvgIpc) is 3.23. The van der Waals surface area contributed by atoms with Gasteiger partial charge in [-0.25, -0.2) is 0 Å². The van der Waals surface area contributed by atoms with Gasteiger partial charge in [-0.2, -0.15) is 0 Å². The number of hydrogen-bond acceptors (Lipinski definition) is 6. The van der Waals surface area contributed by atoms with E-state index in [1.54, 1.807) is 22.7 Å². The molecule has 0 aromatic carbocycles. The van der Waals surface area contributed by atoms with Gasteiger partial charge in [0.15, 0.2) is 0 Å². The van der Waals surface area contributed by atoms with Crippen LogP contribution in [0.2, 0.25) is 0 Å². The molecule has 130 valence electrons. The van der Waals surface area contributed by atoms with Gasteiger partial charge in [-0.1, -0.05) is 12.1 Å². The molecule has 0 aliphatic carbocycles. The summed E-state index contributed by atoms with van der Waals surface area (Å²) in [5.74, 6) is 0. The zero-order valence-corrected chi connectivity index (χ0v) is 17.6. The minimum Gasteiger partial charge on any atom is -0.256 e. The Kier molecular flexibility index (Phi) is 5.45. The molecule has 0 unspecified atom stereocenters. The zero-order valence-electron chi connectivity index (χ0n) is 14.3. The Labute approximate surface area is 169 Å². The number of hydrogen-bond donors (Lipinski definition) is 0. The molecule has 0 saturated heterocycles. The van der Waals surface area contributed by atoms with E-state index < -0.39 is 0 Å². The van der Waals surface area contributed by atoms with Crippen molar-refractivity contribution in [1.29, 1.82) is 0 Å². The fourth-order valence-corrected chi connectivity index (χ4v) is 7.97. The third kappa shape index (κ3) is 3.60. The molecule has 4 rings (SSSR count). The highest BCUT2D eigenvalue weighted by atomic mass is 33.1. The van der Waals surface area contributed by atoms with Crippen LogP contribution in [-0.4, -0.2) is 9.97 Å². The van der Waals surface area contributed by atoms with E-state index in [1.165, 1.54) is 30.7 Å².